The summed E-state index contributed by atoms with van der Waals surface area (Å²) in [7, 11) is 0. The quantitative estimate of drug-likeness (QED) is 0.815. The van der Waals surface area contributed by atoms with Crippen molar-refractivity contribution in [2.75, 3.05) is 12.3 Å². The van der Waals surface area contributed by atoms with E-state index in [1.807, 2.05) is 6.07 Å². The molecule has 0 bridgehead atoms. The van der Waals surface area contributed by atoms with Gasteiger partial charge in [-0.2, -0.15) is 0 Å². The average Bonchev–Trinajstić information content (AvgIpc) is 2.67. The fourth-order valence-corrected chi connectivity index (χ4v) is 2.80. The van der Waals surface area contributed by atoms with E-state index in [-0.39, 0.29) is 0 Å². The summed E-state index contributed by atoms with van der Waals surface area (Å²) in [6.07, 6.45) is 7.93. The molecule has 1 aromatic rings. The van der Waals surface area contributed by atoms with Crippen molar-refractivity contribution in [3.05, 3.63) is 23.9 Å². The Morgan fingerprint density at radius 3 is 3.06 bits per heavy atom. The number of nitrogens with zero attached hydrogens (tertiary/aromatic N) is 1. The van der Waals surface area contributed by atoms with Crippen molar-refractivity contribution in [3.8, 4) is 0 Å². The minimum Gasteiger partial charge on any atom is -0.384 e. The summed E-state index contributed by atoms with van der Waals surface area (Å²) in [6.45, 7) is 3.41. The average molecular weight is 219 g/mol. The molecule has 3 N–H and O–H groups in total. The van der Waals surface area contributed by atoms with Gasteiger partial charge in [0.2, 0.25) is 0 Å². The molecule has 3 heteroatoms. The number of aromatic nitrogens is 1. The van der Waals surface area contributed by atoms with Crippen LogP contribution in [0.15, 0.2) is 18.3 Å². The van der Waals surface area contributed by atoms with Gasteiger partial charge < -0.3 is 11.1 Å². The Morgan fingerprint density at radius 2 is 2.44 bits per heavy atom. The molecule has 1 aliphatic rings. The van der Waals surface area contributed by atoms with Crippen molar-refractivity contribution in [2.45, 2.75) is 44.6 Å². The van der Waals surface area contributed by atoms with E-state index in [4.69, 9.17) is 5.73 Å². The van der Waals surface area contributed by atoms with Crippen LogP contribution < -0.4 is 11.1 Å². The summed E-state index contributed by atoms with van der Waals surface area (Å²) in [4.78, 5) is 4.04. The van der Waals surface area contributed by atoms with E-state index in [1.54, 1.807) is 6.20 Å². The second-order valence-corrected chi connectivity index (χ2v) is 4.83. The fourth-order valence-electron chi connectivity index (χ4n) is 2.80. The van der Waals surface area contributed by atoms with Gasteiger partial charge in [-0.1, -0.05) is 13.3 Å². The molecule has 1 aliphatic heterocycles. The largest absolute Gasteiger partial charge is 0.384 e. The van der Waals surface area contributed by atoms with Crippen molar-refractivity contribution >= 4 is 5.82 Å². The molecule has 0 saturated carbocycles. The van der Waals surface area contributed by atoms with Crippen molar-refractivity contribution in [1.29, 1.82) is 0 Å². The Hall–Kier alpha value is -1.09. The molecule has 16 heavy (non-hydrogen) atoms. The Kier molecular flexibility index (Phi) is 3.44. The Morgan fingerprint density at radius 1 is 1.56 bits per heavy atom. The summed E-state index contributed by atoms with van der Waals surface area (Å²) in [5.41, 5.74) is 7.33. The van der Waals surface area contributed by atoms with Gasteiger partial charge in [0.1, 0.15) is 5.82 Å². The monoisotopic (exact) mass is 219 g/mol. The molecule has 1 atom stereocenters. The first kappa shape index (κ1) is 11.4. The molecule has 0 aliphatic carbocycles. The van der Waals surface area contributed by atoms with Gasteiger partial charge >= 0.3 is 0 Å². The smallest absolute Gasteiger partial charge is 0.123 e. The summed E-state index contributed by atoms with van der Waals surface area (Å²) >= 11 is 0. The molecular weight excluding hydrogens is 198 g/mol. The van der Waals surface area contributed by atoms with Gasteiger partial charge in [-0.25, -0.2) is 4.98 Å². The van der Waals surface area contributed by atoms with Crippen LogP contribution in [0.4, 0.5) is 5.82 Å². The maximum Gasteiger partial charge on any atom is 0.123 e. The molecule has 0 spiro atoms. The van der Waals surface area contributed by atoms with E-state index in [1.165, 1.54) is 31.2 Å². The zero-order valence-corrected chi connectivity index (χ0v) is 10.00. The van der Waals surface area contributed by atoms with E-state index in [0.29, 0.717) is 11.4 Å². The Balaban J connectivity index is 2.11. The number of hydrogen-bond donors (Lipinski definition) is 2. The Labute approximate surface area is 97.5 Å². The lowest BCUT2D eigenvalue weighted by Crippen LogP contribution is -2.41. The number of pyridine rings is 1. The van der Waals surface area contributed by atoms with Crippen LogP contribution in [0.5, 0.6) is 0 Å². The molecule has 1 fully saturated rings. The third-order valence-electron chi connectivity index (χ3n) is 3.45. The first-order valence-corrected chi connectivity index (χ1v) is 6.19. The van der Waals surface area contributed by atoms with Gasteiger partial charge in [0.25, 0.3) is 0 Å². The normalized spacial score (nSPS) is 24.8. The topological polar surface area (TPSA) is 50.9 Å². The third kappa shape index (κ3) is 2.53. The maximum atomic E-state index is 5.72. The number of anilines is 1. The van der Waals surface area contributed by atoms with Gasteiger partial charge in [0, 0.05) is 11.7 Å². The van der Waals surface area contributed by atoms with Crippen LogP contribution in [-0.2, 0) is 6.42 Å². The van der Waals surface area contributed by atoms with Crippen LogP contribution in [-0.4, -0.2) is 17.1 Å². The highest BCUT2D eigenvalue weighted by Crippen LogP contribution is 2.28. The molecule has 3 nitrogen and oxygen atoms in total. The summed E-state index contributed by atoms with van der Waals surface area (Å²) in [5, 5.41) is 3.68. The van der Waals surface area contributed by atoms with E-state index < -0.39 is 0 Å². The second kappa shape index (κ2) is 4.83. The molecule has 2 heterocycles. The van der Waals surface area contributed by atoms with Gasteiger partial charge in [0.15, 0.2) is 0 Å². The van der Waals surface area contributed by atoms with Gasteiger partial charge in [-0.3, -0.25) is 0 Å². The second-order valence-electron chi connectivity index (χ2n) is 4.83. The molecule has 0 aromatic carbocycles. The fraction of sp³-hybridized carbons (Fsp3) is 0.615. The van der Waals surface area contributed by atoms with Crippen LogP contribution in [0.2, 0.25) is 0 Å². The van der Waals surface area contributed by atoms with E-state index in [0.717, 1.165) is 13.0 Å². The van der Waals surface area contributed by atoms with Crippen LogP contribution in [0.25, 0.3) is 0 Å². The van der Waals surface area contributed by atoms with E-state index in [2.05, 4.69) is 23.3 Å². The minimum absolute atomic E-state index is 0.308. The summed E-state index contributed by atoms with van der Waals surface area (Å²) < 4.78 is 0. The van der Waals surface area contributed by atoms with Crippen LogP contribution in [0.1, 0.15) is 38.2 Å². The lowest BCUT2D eigenvalue weighted by Gasteiger charge is -2.29. The van der Waals surface area contributed by atoms with Gasteiger partial charge in [-0.05, 0) is 49.9 Å². The molecule has 0 amide bonds. The Bertz CT molecular complexity index is 343. The van der Waals surface area contributed by atoms with E-state index in [9.17, 15) is 0 Å². The van der Waals surface area contributed by atoms with Crippen LogP contribution >= 0.6 is 0 Å². The predicted molar refractivity (Wildman–Crippen MR) is 67.2 cm³/mol. The highest BCUT2D eigenvalue weighted by atomic mass is 15.0. The molecule has 1 saturated heterocycles. The van der Waals surface area contributed by atoms with Crippen LogP contribution in [0, 0.1) is 0 Å². The zero-order chi connectivity index (χ0) is 11.4. The lowest BCUT2D eigenvalue weighted by atomic mass is 9.85. The molecule has 0 radical (unpaired) electrons. The zero-order valence-electron chi connectivity index (χ0n) is 10.00. The predicted octanol–water partition coefficient (Wildman–Crippen LogP) is 2.13. The lowest BCUT2D eigenvalue weighted by molar-refractivity contribution is 0.342. The van der Waals surface area contributed by atoms with Crippen molar-refractivity contribution < 1.29 is 0 Å². The molecule has 1 unspecified atom stereocenters. The summed E-state index contributed by atoms with van der Waals surface area (Å²) in [6, 6.07) is 4.07. The first-order valence-electron chi connectivity index (χ1n) is 6.19. The van der Waals surface area contributed by atoms with Gasteiger partial charge in [-0.15, -0.1) is 0 Å². The SMILES string of the molecule is CCCC1(Cc2ccnc(N)c2)CCCN1. The van der Waals surface area contributed by atoms with Crippen LogP contribution in [0.3, 0.4) is 0 Å². The molecular formula is C13H21N3. The number of nitrogen functional groups attached to an aromatic ring is 1. The number of nitrogens with two attached hydrogens (primary N) is 1. The molecule has 88 valence electrons. The highest BCUT2D eigenvalue weighted by Gasteiger charge is 2.32. The minimum atomic E-state index is 0.308. The van der Waals surface area contributed by atoms with Crippen molar-refractivity contribution in [1.82, 2.24) is 10.3 Å². The first-order chi connectivity index (χ1) is 7.74. The molecule has 2 rings (SSSR count). The maximum absolute atomic E-state index is 5.72. The third-order valence-corrected chi connectivity index (χ3v) is 3.45. The standard InChI is InChI=1S/C13H21N3/c1-2-5-13(6-3-7-16-13)10-11-4-8-15-12(14)9-11/h4,8-9,16H,2-3,5-7,10H2,1H3,(H2,14,15). The molecule has 1 aromatic heterocycles. The number of nitrogens with one attached hydrogen (secondary N) is 1. The van der Waals surface area contributed by atoms with Crippen molar-refractivity contribution in [3.63, 3.8) is 0 Å². The number of rotatable bonds is 4. The highest BCUT2D eigenvalue weighted by molar-refractivity contribution is 5.32. The summed E-state index contributed by atoms with van der Waals surface area (Å²) in [5.74, 6) is 0.627. The van der Waals surface area contributed by atoms with E-state index >= 15 is 0 Å². The number of hydrogen-bond acceptors (Lipinski definition) is 3. The van der Waals surface area contributed by atoms with Crippen molar-refractivity contribution in [2.24, 2.45) is 0 Å². The van der Waals surface area contributed by atoms with Gasteiger partial charge in [0.05, 0.1) is 0 Å².